The Morgan fingerprint density at radius 3 is 2.17 bits per heavy atom. The summed E-state index contributed by atoms with van der Waals surface area (Å²) in [5.41, 5.74) is 1.33. The Bertz CT molecular complexity index is 1050. The van der Waals surface area contributed by atoms with Gasteiger partial charge in [-0.1, -0.05) is 48.5 Å². The first-order valence-electron chi connectivity index (χ1n) is 9.72. The highest BCUT2D eigenvalue weighted by molar-refractivity contribution is 7.18. The van der Waals surface area contributed by atoms with Crippen LogP contribution in [-0.2, 0) is 9.59 Å². The first-order valence-corrected chi connectivity index (χ1v) is 10.5. The summed E-state index contributed by atoms with van der Waals surface area (Å²) in [6.07, 6.45) is 1.83. The number of para-hydroxylation sites is 1. The highest BCUT2D eigenvalue weighted by Crippen LogP contribution is 2.31. The molecule has 152 valence electrons. The van der Waals surface area contributed by atoms with Crippen molar-refractivity contribution in [3.63, 3.8) is 0 Å². The van der Waals surface area contributed by atoms with E-state index in [1.807, 2.05) is 36.4 Å². The van der Waals surface area contributed by atoms with Crippen molar-refractivity contribution in [2.24, 2.45) is 5.92 Å². The van der Waals surface area contributed by atoms with Crippen LogP contribution in [0.2, 0.25) is 0 Å². The molecule has 30 heavy (non-hydrogen) atoms. The quantitative estimate of drug-likeness (QED) is 0.536. The molecule has 1 aliphatic carbocycles. The fourth-order valence-electron chi connectivity index (χ4n) is 2.98. The van der Waals surface area contributed by atoms with Gasteiger partial charge in [0.05, 0.1) is 9.88 Å². The Labute approximate surface area is 178 Å². The molecule has 4 rings (SSSR count). The third kappa shape index (κ3) is 4.93. The van der Waals surface area contributed by atoms with Crippen LogP contribution in [0.4, 0.5) is 10.7 Å². The molecule has 1 heterocycles. The summed E-state index contributed by atoms with van der Waals surface area (Å²) in [6.45, 7) is 0. The third-order valence-corrected chi connectivity index (χ3v) is 5.74. The molecule has 1 aromatic heterocycles. The molecule has 1 aliphatic rings. The van der Waals surface area contributed by atoms with Crippen LogP contribution < -0.4 is 16.0 Å². The molecule has 0 aliphatic heterocycles. The molecule has 0 spiro atoms. The van der Waals surface area contributed by atoms with E-state index in [4.69, 9.17) is 0 Å². The first-order chi connectivity index (χ1) is 14.6. The number of carbonyl (C=O) groups is 3. The van der Waals surface area contributed by atoms with E-state index in [1.54, 1.807) is 36.4 Å². The normalized spacial score (nSPS) is 13.9. The number of thiophene rings is 1. The summed E-state index contributed by atoms with van der Waals surface area (Å²) >= 11 is 1.19. The molecule has 0 saturated heterocycles. The van der Waals surface area contributed by atoms with E-state index >= 15 is 0 Å². The number of rotatable bonds is 7. The van der Waals surface area contributed by atoms with Gasteiger partial charge < -0.3 is 16.0 Å². The van der Waals surface area contributed by atoms with Crippen LogP contribution in [0, 0.1) is 5.92 Å². The van der Waals surface area contributed by atoms with E-state index in [2.05, 4.69) is 16.0 Å². The zero-order valence-electron chi connectivity index (χ0n) is 16.1. The van der Waals surface area contributed by atoms with E-state index in [9.17, 15) is 14.4 Å². The lowest BCUT2D eigenvalue weighted by Gasteiger charge is -2.18. The van der Waals surface area contributed by atoms with Crippen LogP contribution in [0.1, 0.15) is 34.1 Å². The van der Waals surface area contributed by atoms with Crippen LogP contribution in [0.5, 0.6) is 0 Å². The highest BCUT2D eigenvalue weighted by Gasteiger charge is 2.30. The largest absolute Gasteiger partial charge is 0.336 e. The van der Waals surface area contributed by atoms with E-state index in [-0.39, 0.29) is 23.6 Å². The predicted molar refractivity (Wildman–Crippen MR) is 117 cm³/mol. The first kappa shape index (κ1) is 19.8. The van der Waals surface area contributed by atoms with Crippen molar-refractivity contribution >= 4 is 39.7 Å². The van der Waals surface area contributed by atoms with Crippen LogP contribution in [-0.4, -0.2) is 17.7 Å². The van der Waals surface area contributed by atoms with Crippen molar-refractivity contribution in [2.75, 3.05) is 10.6 Å². The van der Waals surface area contributed by atoms with Gasteiger partial charge in [-0.25, -0.2) is 0 Å². The molecule has 1 atom stereocenters. The molecule has 0 radical (unpaired) electrons. The van der Waals surface area contributed by atoms with E-state index in [0.717, 1.165) is 12.8 Å². The average molecular weight is 420 g/mol. The minimum Gasteiger partial charge on any atom is -0.336 e. The molecule has 1 unspecified atom stereocenters. The highest BCUT2D eigenvalue weighted by atomic mass is 32.1. The van der Waals surface area contributed by atoms with Crippen molar-refractivity contribution in [3.8, 4) is 0 Å². The van der Waals surface area contributed by atoms with Gasteiger partial charge in [0.1, 0.15) is 6.04 Å². The van der Waals surface area contributed by atoms with Gasteiger partial charge in [-0.2, -0.15) is 0 Å². The van der Waals surface area contributed by atoms with Gasteiger partial charge in [-0.15, -0.1) is 11.3 Å². The number of benzene rings is 2. The lowest BCUT2D eigenvalue weighted by Crippen LogP contribution is -2.36. The Hall–Kier alpha value is -3.45. The van der Waals surface area contributed by atoms with Crippen LogP contribution in [0.3, 0.4) is 0 Å². The van der Waals surface area contributed by atoms with Gasteiger partial charge in [0.2, 0.25) is 5.91 Å². The number of amides is 3. The zero-order valence-corrected chi connectivity index (χ0v) is 16.9. The number of nitrogens with one attached hydrogen (secondary N) is 3. The molecule has 6 nitrogen and oxygen atoms in total. The van der Waals surface area contributed by atoms with Crippen molar-refractivity contribution in [3.05, 3.63) is 83.2 Å². The Kier molecular flexibility index (Phi) is 5.90. The monoisotopic (exact) mass is 419 g/mol. The zero-order chi connectivity index (χ0) is 20.9. The van der Waals surface area contributed by atoms with Crippen molar-refractivity contribution in [1.82, 2.24) is 5.32 Å². The molecule has 7 heteroatoms. The smallest absolute Gasteiger partial charge is 0.262 e. The minimum atomic E-state index is -0.856. The topological polar surface area (TPSA) is 87.3 Å². The van der Waals surface area contributed by atoms with Crippen LogP contribution >= 0.6 is 11.3 Å². The SMILES string of the molecule is O=C(NC(C(=O)Nc1ccccc1)c1ccccc1)c1ccc(NC(=O)C2CC2)s1. The second-order valence-electron chi connectivity index (χ2n) is 7.10. The van der Waals surface area contributed by atoms with Crippen molar-refractivity contribution < 1.29 is 14.4 Å². The van der Waals surface area contributed by atoms with Gasteiger partial charge in [0, 0.05) is 11.6 Å². The fourth-order valence-corrected chi connectivity index (χ4v) is 3.79. The summed E-state index contributed by atoms with van der Waals surface area (Å²) in [4.78, 5) is 38.1. The second-order valence-corrected chi connectivity index (χ2v) is 8.18. The Morgan fingerprint density at radius 1 is 0.833 bits per heavy atom. The van der Waals surface area contributed by atoms with Gasteiger partial charge in [-0.3, -0.25) is 14.4 Å². The molecule has 0 bridgehead atoms. The van der Waals surface area contributed by atoms with E-state index < -0.39 is 6.04 Å². The Balaban J connectivity index is 1.48. The third-order valence-electron chi connectivity index (χ3n) is 4.74. The summed E-state index contributed by atoms with van der Waals surface area (Å²) in [5.74, 6) is -0.620. The number of hydrogen-bond acceptors (Lipinski definition) is 4. The summed E-state index contributed by atoms with van der Waals surface area (Å²) in [5, 5.41) is 9.13. The van der Waals surface area contributed by atoms with Gasteiger partial charge in [-0.05, 0) is 42.7 Å². The maximum atomic E-state index is 12.9. The minimum absolute atomic E-state index is 0.00629. The van der Waals surface area contributed by atoms with E-state index in [0.29, 0.717) is 21.1 Å². The maximum Gasteiger partial charge on any atom is 0.262 e. The molecule has 3 N–H and O–H groups in total. The molecular formula is C23H21N3O3S. The number of hydrogen-bond donors (Lipinski definition) is 3. The summed E-state index contributed by atoms with van der Waals surface area (Å²) in [7, 11) is 0. The standard InChI is InChI=1S/C23H21N3O3S/c27-21(16-11-12-16)25-19-14-13-18(30-19)22(28)26-20(15-7-3-1-4-8-15)23(29)24-17-9-5-2-6-10-17/h1-10,13-14,16,20H,11-12H2,(H,24,29)(H,25,27)(H,26,28). The van der Waals surface area contributed by atoms with Crippen molar-refractivity contribution in [1.29, 1.82) is 0 Å². The molecule has 1 saturated carbocycles. The number of anilines is 2. The second kappa shape index (κ2) is 8.92. The number of carbonyl (C=O) groups excluding carboxylic acids is 3. The summed E-state index contributed by atoms with van der Waals surface area (Å²) in [6, 6.07) is 20.7. The van der Waals surface area contributed by atoms with Crippen LogP contribution in [0.15, 0.2) is 72.8 Å². The Morgan fingerprint density at radius 2 is 1.50 bits per heavy atom. The lowest BCUT2D eigenvalue weighted by molar-refractivity contribution is -0.118. The molecular weight excluding hydrogens is 398 g/mol. The summed E-state index contributed by atoms with van der Waals surface area (Å²) < 4.78 is 0. The van der Waals surface area contributed by atoms with Gasteiger partial charge >= 0.3 is 0 Å². The molecule has 3 amide bonds. The van der Waals surface area contributed by atoms with Crippen molar-refractivity contribution in [2.45, 2.75) is 18.9 Å². The molecule has 3 aromatic rings. The predicted octanol–water partition coefficient (Wildman–Crippen LogP) is 4.21. The van der Waals surface area contributed by atoms with Gasteiger partial charge in [0.25, 0.3) is 11.8 Å². The molecule has 2 aromatic carbocycles. The fraction of sp³-hybridized carbons (Fsp3) is 0.174. The van der Waals surface area contributed by atoms with Crippen LogP contribution in [0.25, 0.3) is 0 Å². The lowest BCUT2D eigenvalue weighted by atomic mass is 10.1. The maximum absolute atomic E-state index is 12.9. The van der Waals surface area contributed by atoms with E-state index in [1.165, 1.54) is 11.3 Å². The molecule has 1 fully saturated rings. The average Bonchev–Trinajstić information content (AvgIpc) is 3.52. The van der Waals surface area contributed by atoms with Gasteiger partial charge in [0.15, 0.2) is 0 Å².